The molecule has 1 amide bonds. The predicted octanol–water partition coefficient (Wildman–Crippen LogP) is 3.17. The van der Waals surface area contributed by atoms with Gasteiger partial charge < -0.3 is 5.32 Å². The Labute approximate surface area is 118 Å². The number of hydrogen-bond donors (Lipinski definition) is 1. The minimum atomic E-state index is -0.101. The highest BCUT2D eigenvalue weighted by atomic mass is 35.5. The van der Waals surface area contributed by atoms with Crippen molar-refractivity contribution in [3.63, 3.8) is 0 Å². The number of thioether (sulfide) groups is 1. The van der Waals surface area contributed by atoms with Gasteiger partial charge in [0, 0.05) is 22.5 Å². The zero-order chi connectivity index (χ0) is 13.8. The van der Waals surface area contributed by atoms with E-state index in [-0.39, 0.29) is 10.7 Å². The van der Waals surface area contributed by atoms with Gasteiger partial charge in [0.15, 0.2) is 0 Å². The maximum absolute atomic E-state index is 12.0. The van der Waals surface area contributed by atoms with Crippen molar-refractivity contribution in [2.75, 3.05) is 12.8 Å². The molecule has 1 heterocycles. The second-order valence-electron chi connectivity index (χ2n) is 4.67. The van der Waals surface area contributed by atoms with Gasteiger partial charge in [0.1, 0.15) is 5.15 Å². The Morgan fingerprint density at radius 1 is 1.50 bits per heavy atom. The maximum Gasteiger partial charge on any atom is 0.251 e. The van der Waals surface area contributed by atoms with E-state index in [1.165, 1.54) is 0 Å². The van der Waals surface area contributed by atoms with E-state index in [0.717, 1.165) is 12.1 Å². The van der Waals surface area contributed by atoms with Crippen LogP contribution in [0.4, 0.5) is 0 Å². The molecule has 1 aromatic rings. The fraction of sp³-hybridized carbons (Fsp3) is 0.538. The summed E-state index contributed by atoms with van der Waals surface area (Å²) in [5.74, 6) is -0.101. The van der Waals surface area contributed by atoms with Gasteiger partial charge in [-0.15, -0.1) is 0 Å². The maximum atomic E-state index is 12.0. The van der Waals surface area contributed by atoms with Gasteiger partial charge in [0.2, 0.25) is 0 Å². The molecule has 0 atom stereocenters. The molecule has 0 bridgehead atoms. The molecule has 1 rings (SSSR count). The lowest BCUT2D eigenvalue weighted by Gasteiger charge is -2.22. The molecule has 0 aliphatic rings. The molecule has 0 aliphatic heterocycles. The summed E-state index contributed by atoms with van der Waals surface area (Å²) in [5, 5.41) is 3.29. The third kappa shape index (κ3) is 4.50. The van der Waals surface area contributed by atoms with Gasteiger partial charge in [-0.2, -0.15) is 11.8 Å². The molecule has 3 nitrogen and oxygen atoms in total. The number of rotatable bonds is 5. The molecule has 100 valence electrons. The number of carbonyl (C=O) groups is 1. The summed E-state index contributed by atoms with van der Waals surface area (Å²) >= 11 is 7.62. The smallest absolute Gasteiger partial charge is 0.251 e. The summed E-state index contributed by atoms with van der Waals surface area (Å²) in [6.07, 6.45) is 2.79. The van der Waals surface area contributed by atoms with Crippen LogP contribution in [0.1, 0.15) is 36.8 Å². The number of nitrogens with zero attached hydrogens (tertiary/aromatic N) is 1. The van der Waals surface area contributed by atoms with Crippen molar-refractivity contribution in [1.29, 1.82) is 0 Å². The second kappa shape index (κ2) is 6.43. The van der Waals surface area contributed by atoms with E-state index in [1.807, 2.05) is 13.2 Å². The van der Waals surface area contributed by atoms with Crippen molar-refractivity contribution in [3.8, 4) is 0 Å². The summed E-state index contributed by atoms with van der Waals surface area (Å²) in [7, 11) is 0. The van der Waals surface area contributed by atoms with Gasteiger partial charge in [-0.25, -0.2) is 4.98 Å². The molecule has 0 unspecified atom stereocenters. The highest BCUT2D eigenvalue weighted by molar-refractivity contribution is 7.99. The van der Waals surface area contributed by atoms with Crippen molar-refractivity contribution in [2.45, 2.75) is 31.9 Å². The van der Waals surface area contributed by atoms with Crippen LogP contribution in [0, 0.1) is 0 Å². The van der Waals surface area contributed by atoms with E-state index in [1.54, 1.807) is 23.9 Å². The zero-order valence-corrected chi connectivity index (χ0v) is 12.8. The average molecular weight is 287 g/mol. The van der Waals surface area contributed by atoms with Crippen LogP contribution in [0.2, 0.25) is 5.15 Å². The lowest BCUT2D eigenvalue weighted by Crippen LogP contribution is -2.36. The molecule has 5 heteroatoms. The Morgan fingerprint density at radius 3 is 2.72 bits per heavy atom. The molecular weight excluding hydrogens is 268 g/mol. The zero-order valence-electron chi connectivity index (χ0n) is 11.2. The lowest BCUT2D eigenvalue weighted by atomic mass is 10.1. The number of aryl methyl sites for hydroxylation is 1. The predicted molar refractivity (Wildman–Crippen MR) is 78.6 cm³/mol. The second-order valence-corrected chi connectivity index (χ2v) is 6.57. The third-order valence-electron chi connectivity index (χ3n) is 2.70. The molecule has 0 aromatic carbocycles. The van der Waals surface area contributed by atoms with Gasteiger partial charge in [-0.05, 0) is 38.7 Å². The topological polar surface area (TPSA) is 42.0 Å². The van der Waals surface area contributed by atoms with Gasteiger partial charge in [0.25, 0.3) is 5.91 Å². The van der Waals surface area contributed by atoms with E-state index in [2.05, 4.69) is 24.1 Å². The summed E-state index contributed by atoms with van der Waals surface area (Å²) < 4.78 is 0.0278. The Bertz CT molecular complexity index is 435. The number of carbonyl (C=O) groups excluding carboxylic acids is 1. The first-order valence-electron chi connectivity index (χ1n) is 5.88. The van der Waals surface area contributed by atoms with E-state index in [0.29, 0.717) is 17.3 Å². The summed E-state index contributed by atoms with van der Waals surface area (Å²) in [4.78, 5) is 16.2. The molecule has 0 fully saturated rings. The SMILES string of the molecule is CCc1cc(C(=O)NCC(C)(C)SC)cc(Cl)n1. The van der Waals surface area contributed by atoms with Crippen molar-refractivity contribution in [3.05, 3.63) is 28.5 Å². The highest BCUT2D eigenvalue weighted by Crippen LogP contribution is 2.20. The number of aromatic nitrogens is 1. The van der Waals surface area contributed by atoms with Crippen molar-refractivity contribution in [1.82, 2.24) is 10.3 Å². The van der Waals surface area contributed by atoms with Gasteiger partial charge in [-0.3, -0.25) is 4.79 Å². The fourth-order valence-electron chi connectivity index (χ4n) is 1.33. The normalized spacial score (nSPS) is 11.4. The molecule has 1 aromatic heterocycles. The Balaban J connectivity index is 2.75. The molecule has 1 N–H and O–H groups in total. The summed E-state index contributed by atoms with van der Waals surface area (Å²) in [5.41, 5.74) is 1.40. The highest BCUT2D eigenvalue weighted by Gasteiger charge is 2.18. The number of pyridine rings is 1. The molecule has 0 saturated carbocycles. The minimum absolute atomic E-state index is 0.0278. The molecule has 0 aliphatic carbocycles. The molecule has 0 radical (unpaired) electrons. The standard InChI is InChI=1S/C13H19ClN2OS/c1-5-10-6-9(7-11(14)16-10)12(17)15-8-13(2,3)18-4/h6-7H,5,8H2,1-4H3,(H,15,17). The van der Waals surface area contributed by atoms with Crippen LogP contribution in [-0.4, -0.2) is 28.4 Å². The van der Waals surface area contributed by atoms with Gasteiger partial charge in [0.05, 0.1) is 0 Å². The van der Waals surface area contributed by atoms with Gasteiger partial charge >= 0.3 is 0 Å². The Morgan fingerprint density at radius 2 is 2.17 bits per heavy atom. The number of amides is 1. The third-order valence-corrected chi connectivity index (χ3v) is 4.14. The Hall–Kier alpha value is -0.740. The van der Waals surface area contributed by atoms with Crippen molar-refractivity contribution >= 4 is 29.3 Å². The molecule has 0 saturated heterocycles. The molecule has 18 heavy (non-hydrogen) atoms. The quantitative estimate of drug-likeness (QED) is 0.846. The van der Waals surface area contributed by atoms with Crippen LogP contribution < -0.4 is 5.32 Å². The average Bonchev–Trinajstić information content (AvgIpc) is 2.35. The minimum Gasteiger partial charge on any atom is -0.351 e. The van der Waals surface area contributed by atoms with Crippen LogP contribution in [0.25, 0.3) is 0 Å². The lowest BCUT2D eigenvalue weighted by molar-refractivity contribution is 0.0950. The van der Waals surface area contributed by atoms with Crippen LogP contribution in [0.15, 0.2) is 12.1 Å². The first-order valence-corrected chi connectivity index (χ1v) is 7.48. The summed E-state index contributed by atoms with van der Waals surface area (Å²) in [6.45, 7) is 6.79. The van der Waals surface area contributed by atoms with Crippen molar-refractivity contribution < 1.29 is 4.79 Å². The molecular formula is C13H19ClN2OS. The largest absolute Gasteiger partial charge is 0.351 e. The summed E-state index contributed by atoms with van der Waals surface area (Å²) in [6, 6.07) is 3.38. The van der Waals surface area contributed by atoms with Crippen LogP contribution >= 0.6 is 23.4 Å². The first kappa shape index (κ1) is 15.3. The van der Waals surface area contributed by atoms with Gasteiger partial charge in [-0.1, -0.05) is 18.5 Å². The van der Waals surface area contributed by atoms with E-state index in [9.17, 15) is 4.79 Å². The van der Waals surface area contributed by atoms with E-state index < -0.39 is 0 Å². The van der Waals surface area contributed by atoms with Crippen LogP contribution in [0.5, 0.6) is 0 Å². The first-order chi connectivity index (χ1) is 8.38. The Kier molecular flexibility index (Phi) is 5.47. The van der Waals surface area contributed by atoms with Crippen molar-refractivity contribution in [2.24, 2.45) is 0 Å². The van der Waals surface area contributed by atoms with Crippen LogP contribution in [0.3, 0.4) is 0 Å². The fourth-order valence-corrected chi connectivity index (χ4v) is 1.77. The number of hydrogen-bond acceptors (Lipinski definition) is 3. The van der Waals surface area contributed by atoms with Crippen LogP contribution in [-0.2, 0) is 6.42 Å². The van der Waals surface area contributed by atoms with E-state index in [4.69, 9.17) is 11.6 Å². The number of halogens is 1. The molecule has 0 spiro atoms. The monoisotopic (exact) mass is 286 g/mol. The number of nitrogens with one attached hydrogen (secondary N) is 1. The van der Waals surface area contributed by atoms with E-state index >= 15 is 0 Å².